The Bertz CT molecular complexity index is 792. The molecule has 2 aliphatic rings. The van der Waals surface area contributed by atoms with Gasteiger partial charge in [0, 0.05) is 38.7 Å². The maximum Gasteiger partial charge on any atom is 0.231 e. The van der Waals surface area contributed by atoms with Crippen molar-refractivity contribution in [2.75, 3.05) is 33.0 Å². The zero-order valence-corrected chi connectivity index (χ0v) is 15.9. The molecule has 28 heavy (non-hydrogen) atoms. The van der Waals surface area contributed by atoms with Gasteiger partial charge in [-0.1, -0.05) is 6.07 Å². The van der Waals surface area contributed by atoms with Gasteiger partial charge in [-0.05, 0) is 42.7 Å². The van der Waals surface area contributed by atoms with Gasteiger partial charge in [-0.15, -0.1) is 0 Å². The molecule has 7 nitrogen and oxygen atoms in total. The second-order valence-electron chi connectivity index (χ2n) is 7.24. The zero-order valence-electron chi connectivity index (χ0n) is 15.9. The standard InChI is InChI=1S/C21H26N2O5/c24-10-7-17-13-23(9-8-22(17)14-18-2-1-11-26-18)21(25)6-4-16-3-5-19-20(12-16)28-15-27-19/h1-3,5,11-12,17,24H,4,6-10,13-15H2. The van der Waals surface area contributed by atoms with E-state index in [9.17, 15) is 9.90 Å². The molecule has 0 saturated carbocycles. The number of piperazine rings is 1. The first-order valence-electron chi connectivity index (χ1n) is 9.76. The Morgan fingerprint density at radius 1 is 1.18 bits per heavy atom. The van der Waals surface area contributed by atoms with Crippen LogP contribution in [0.15, 0.2) is 41.0 Å². The molecular formula is C21H26N2O5. The third kappa shape index (κ3) is 4.31. The predicted octanol–water partition coefficient (Wildman–Crippen LogP) is 2.04. The van der Waals surface area contributed by atoms with Crippen molar-refractivity contribution in [1.82, 2.24) is 9.80 Å². The van der Waals surface area contributed by atoms with Crippen molar-refractivity contribution in [3.05, 3.63) is 47.9 Å². The highest BCUT2D eigenvalue weighted by atomic mass is 16.7. The van der Waals surface area contributed by atoms with E-state index in [-0.39, 0.29) is 25.3 Å². The Morgan fingerprint density at radius 3 is 2.89 bits per heavy atom. The minimum atomic E-state index is 0.110. The molecule has 1 amide bonds. The highest BCUT2D eigenvalue weighted by Crippen LogP contribution is 2.32. The Morgan fingerprint density at radius 2 is 2.07 bits per heavy atom. The zero-order chi connectivity index (χ0) is 19.3. The number of aliphatic hydroxyl groups is 1. The Labute approximate surface area is 164 Å². The van der Waals surface area contributed by atoms with E-state index in [0.29, 0.717) is 38.9 Å². The second-order valence-corrected chi connectivity index (χ2v) is 7.24. The highest BCUT2D eigenvalue weighted by molar-refractivity contribution is 5.76. The van der Waals surface area contributed by atoms with E-state index in [0.717, 1.165) is 29.4 Å². The molecule has 1 unspecified atom stereocenters. The molecule has 1 atom stereocenters. The van der Waals surface area contributed by atoms with Crippen LogP contribution >= 0.6 is 0 Å². The van der Waals surface area contributed by atoms with Crippen molar-refractivity contribution in [2.45, 2.75) is 31.8 Å². The average molecular weight is 386 g/mol. The Kier molecular flexibility index (Phi) is 5.83. The van der Waals surface area contributed by atoms with Crippen molar-refractivity contribution < 1.29 is 23.8 Å². The largest absolute Gasteiger partial charge is 0.468 e. The third-order valence-electron chi connectivity index (χ3n) is 5.42. The van der Waals surface area contributed by atoms with Crippen LogP contribution in [0.5, 0.6) is 11.5 Å². The number of fused-ring (bicyclic) bond motifs is 1. The van der Waals surface area contributed by atoms with E-state index in [4.69, 9.17) is 13.9 Å². The number of rotatable bonds is 7. The summed E-state index contributed by atoms with van der Waals surface area (Å²) >= 11 is 0. The summed E-state index contributed by atoms with van der Waals surface area (Å²) in [5.41, 5.74) is 1.07. The molecule has 0 aliphatic carbocycles. The van der Waals surface area contributed by atoms with Crippen molar-refractivity contribution in [1.29, 1.82) is 0 Å². The number of aliphatic hydroxyl groups excluding tert-OH is 1. The summed E-state index contributed by atoms with van der Waals surface area (Å²) in [6.45, 7) is 3.19. The van der Waals surface area contributed by atoms with Crippen molar-refractivity contribution in [2.24, 2.45) is 0 Å². The van der Waals surface area contributed by atoms with E-state index >= 15 is 0 Å². The minimum Gasteiger partial charge on any atom is -0.468 e. The molecule has 4 rings (SSSR count). The van der Waals surface area contributed by atoms with Gasteiger partial charge in [0.05, 0.1) is 12.8 Å². The lowest BCUT2D eigenvalue weighted by Crippen LogP contribution is -2.54. The quantitative estimate of drug-likeness (QED) is 0.785. The molecule has 3 heterocycles. The van der Waals surface area contributed by atoms with Gasteiger partial charge in [-0.3, -0.25) is 9.69 Å². The van der Waals surface area contributed by atoms with Crippen molar-refractivity contribution >= 4 is 5.91 Å². The lowest BCUT2D eigenvalue weighted by Gasteiger charge is -2.41. The first kappa shape index (κ1) is 18.8. The Hall–Kier alpha value is -2.51. The maximum absolute atomic E-state index is 12.7. The number of ether oxygens (including phenoxy) is 2. The fourth-order valence-electron chi connectivity index (χ4n) is 3.86. The van der Waals surface area contributed by atoms with E-state index in [1.165, 1.54) is 0 Å². The summed E-state index contributed by atoms with van der Waals surface area (Å²) in [5.74, 6) is 2.57. The van der Waals surface area contributed by atoms with E-state index in [2.05, 4.69) is 4.90 Å². The molecule has 2 aromatic rings. The van der Waals surface area contributed by atoms with Crippen LogP contribution in [0.3, 0.4) is 0 Å². The molecule has 0 bridgehead atoms. The van der Waals surface area contributed by atoms with Gasteiger partial charge in [0.25, 0.3) is 0 Å². The average Bonchev–Trinajstić information content (AvgIpc) is 3.39. The first-order valence-corrected chi connectivity index (χ1v) is 9.76. The van der Waals surface area contributed by atoms with Gasteiger partial charge in [-0.2, -0.15) is 0 Å². The normalized spacial score (nSPS) is 19.2. The number of carbonyl (C=O) groups excluding carboxylic acids is 1. The number of benzene rings is 1. The molecule has 1 aromatic heterocycles. The van der Waals surface area contributed by atoms with Crippen LogP contribution in [-0.2, 0) is 17.8 Å². The van der Waals surface area contributed by atoms with Crippen LogP contribution in [0.1, 0.15) is 24.2 Å². The van der Waals surface area contributed by atoms with Crippen LogP contribution < -0.4 is 9.47 Å². The molecule has 7 heteroatoms. The molecule has 1 fully saturated rings. The van der Waals surface area contributed by atoms with Crippen LogP contribution in [-0.4, -0.2) is 59.9 Å². The topological polar surface area (TPSA) is 75.4 Å². The number of hydrogen-bond donors (Lipinski definition) is 1. The summed E-state index contributed by atoms with van der Waals surface area (Å²) in [5, 5.41) is 9.44. The molecule has 1 aromatic carbocycles. The number of aryl methyl sites for hydroxylation is 1. The lowest BCUT2D eigenvalue weighted by molar-refractivity contribution is -0.134. The molecular weight excluding hydrogens is 360 g/mol. The number of furan rings is 1. The van der Waals surface area contributed by atoms with E-state index in [1.807, 2.05) is 35.2 Å². The van der Waals surface area contributed by atoms with Gasteiger partial charge >= 0.3 is 0 Å². The molecule has 150 valence electrons. The van der Waals surface area contributed by atoms with E-state index in [1.54, 1.807) is 6.26 Å². The predicted molar refractivity (Wildman–Crippen MR) is 102 cm³/mol. The number of nitrogens with zero attached hydrogens (tertiary/aromatic N) is 2. The van der Waals surface area contributed by atoms with Crippen molar-refractivity contribution in [3.8, 4) is 11.5 Å². The summed E-state index contributed by atoms with van der Waals surface area (Å²) in [6, 6.07) is 9.80. The Balaban J connectivity index is 1.32. The van der Waals surface area contributed by atoms with Gasteiger partial charge < -0.3 is 23.9 Å². The molecule has 2 aliphatic heterocycles. The summed E-state index contributed by atoms with van der Waals surface area (Å²) in [6.07, 6.45) is 3.45. The molecule has 0 spiro atoms. The highest BCUT2D eigenvalue weighted by Gasteiger charge is 2.29. The number of carbonyl (C=O) groups is 1. The van der Waals surface area contributed by atoms with Crippen LogP contribution in [0.25, 0.3) is 0 Å². The summed E-state index contributed by atoms with van der Waals surface area (Å²) < 4.78 is 16.2. The first-order chi connectivity index (χ1) is 13.7. The smallest absolute Gasteiger partial charge is 0.231 e. The molecule has 1 N–H and O–H groups in total. The van der Waals surface area contributed by atoms with Gasteiger partial charge in [-0.25, -0.2) is 0 Å². The van der Waals surface area contributed by atoms with Crippen LogP contribution in [0.4, 0.5) is 0 Å². The monoisotopic (exact) mass is 386 g/mol. The fourth-order valence-corrected chi connectivity index (χ4v) is 3.86. The summed E-state index contributed by atoms with van der Waals surface area (Å²) in [7, 11) is 0. The van der Waals surface area contributed by atoms with Gasteiger partial charge in [0.15, 0.2) is 11.5 Å². The number of hydrogen-bond acceptors (Lipinski definition) is 6. The third-order valence-corrected chi connectivity index (χ3v) is 5.42. The van der Waals surface area contributed by atoms with Crippen LogP contribution in [0.2, 0.25) is 0 Å². The molecule has 0 radical (unpaired) electrons. The fraction of sp³-hybridized carbons (Fsp3) is 0.476. The summed E-state index contributed by atoms with van der Waals surface area (Å²) in [4.78, 5) is 17.0. The van der Waals surface area contributed by atoms with Gasteiger partial charge in [0.1, 0.15) is 5.76 Å². The molecule has 1 saturated heterocycles. The number of amides is 1. The van der Waals surface area contributed by atoms with Crippen LogP contribution in [0, 0.1) is 0 Å². The maximum atomic E-state index is 12.7. The van der Waals surface area contributed by atoms with Gasteiger partial charge in [0.2, 0.25) is 12.7 Å². The van der Waals surface area contributed by atoms with Crippen molar-refractivity contribution in [3.63, 3.8) is 0 Å². The minimum absolute atomic E-state index is 0.110. The SMILES string of the molecule is O=C(CCc1ccc2c(c1)OCO2)N1CCN(Cc2ccco2)C(CCO)C1. The van der Waals surface area contributed by atoms with E-state index < -0.39 is 0 Å². The lowest BCUT2D eigenvalue weighted by atomic mass is 10.1. The second kappa shape index (κ2) is 8.67.